The predicted molar refractivity (Wildman–Crippen MR) is 198 cm³/mol. The number of rotatable bonds is 10. The second-order valence-electron chi connectivity index (χ2n) is 14.8. The van der Waals surface area contributed by atoms with Gasteiger partial charge in [0.1, 0.15) is 34.9 Å². The van der Waals surface area contributed by atoms with Gasteiger partial charge in [-0.25, -0.2) is 19.2 Å². The number of H-pyrrole nitrogens is 2. The Bertz CT molecular complexity index is 2130. The number of carbonyl (C=O) groups is 3. The minimum Gasteiger partial charge on any atom is -0.456 e. The topological polar surface area (TPSA) is 149 Å². The highest BCUT2D eigenvalue weighted by Gasteiger charge is 2.37. The van der Waals surface area contributed by atoms with E-state index in [1.54, 1.807) is 23.4 Å². The fraction of sp³-hybridized carbons (Fsp3) is 0.425. The van der Waals surface area contributed by atoms with Gasteiger partial charge in [0.15, 0.2) is 0 Å². The SMILES string of the molecule is COC(=O)N[C@H](C(=O)N1CCC[C@H]1c1ncc(-c2ccc(-c3cc4cc(-c5cnc([C@@H]6CCCN6C(=O)CC(C)C)[nH]5)ccc4o3)c(F)c2)[nH]1)C(C)C. The standard InChI is InChI=1S/C40H46FN7O5/c1-22(2)16-35(49)47-14-6-8-31(47)37-42-20-29(44-37)24-11-13-33-26(17-24)19-34(53-33)27-12-10-25(18-28(27)41)30-21-43-38(45-30)32-9-7-15-48(32)39(50)36(23(3)4)46-40(51)52-5/h10-13,17-23,31-32,36H,6-9,14-16H2,1-5H3,(H,42,44)(H,43,45)(H,46,51)/t31-,32-,36-/m0/s1. The number of ether oxygens (including phenoxy) is 1. The number of imidazole rings is 2. The maximum absolute atomic E-state index is 15.7. The number of aromatic amines is 2. The first-order valence-electron chi connectivity index (χ1n) is 18.4. The second-order valence-corrected chi connectivity index (χ2v) is 14.8. The Balaban J connectivity index is 1.06. The number of carbonyl (C=O) groups excluding carboxylic acids is 3. The number of benzene rings is 2. The molecule has 2 aliphatic rings. The van der Waals surface area contributed by atoms with Crippen molar-refractivity contribution in [1.82, 2.24) is 35.1 Å². The first kappa shape index (κ1) is 35.9. The molecule has 2 aliphatic heterocycles. The molecule has 3 N–H and O–H groups in total. The summed E-state index contributed by atoms with van der Waals surface area (Å²) in [7, 11) is 1.27. The zero-order valence-electron chi connectivity index (χ0n) is 30.7. The number of halogens is 1. The van der Waals surface area contributed by atoms with Crippen LogP contribution in [0.2, 0.25) is 0 Å². The highest BCUT2D eigenvalue weighted by Crippen LogP contribution is 2.37. The lowest BCUT2D eigenvalue weighted by Crippen LogP contribution is -2.51. The normalized spacial score (nSPS) is 18.0. The Morgan fingerprint density at radius 3 is 2.15 bits per heavy atom. The van der Waals surface area contributed by atoms with Crippen LogP contribution < -0.4 is 5.32 Å². The number of nitrogens with one attached hydrogen (secondary N) is 3. The van der Waals surface area contributed by atoms with E-state index >= 15 is 4.39 Å². The van der Waals surface area contributed by atoms with Crippen LogP contribution in [-0.4, -0.2) is 73.9 Å². The van der Waals surface area contributed by atoms with Crippen molar-refractivity contribution in [3.63, 3.8) is 0 Å². The van der Waals surface area contributed by atoms with Gasteiger partial charge in [-0.2, -0.15) is 0 Å². The zero-order valence-corrected chi connectivity index (χ0v) is 30.7. The highest BCUT2D eigenvalue weighted by molar-refractivity contribution is 5.88. The smallest absolute Gasteiger partial charge is 0.407 e. The van der Waals surface area contributed by atoms with Crippen LogP contribution in [0.15, 0.2) is 59.3 Å². The molecule has 0 saturated carbocycles. The number of methoxy groups -OCH3 is 1. The molecule has 3 atom stereocenters. The summed E-state index contributed by atoms with van der Waals surface area (Å²) in [6, 6.07) is 11.5. The number of alkyl carbamates (subject to hydrolysis) is 1. The Morgan fingerprint density at radius 2 is 1.53 bits per heavy atom. The maximum atomic E-state index is 15.7. The van der Waals surface area contributed by atoms with Crippen molar-refractivity contribution < 1.29 is 27.9 Å². The monoisotopic (exact) mass is 723 g/mol. The van der Waals surface area contributed by atoms with Crippen LogP contribution in [0.25, 0.3) is 44.8 Å². The summed E-state index contributed by atoms with van der Waals surface area (Å²) in [5.74, 6) is 1.48. The average molecular weight is 724 g/mol. The second kappa shape index (κ2) is 14.9. The minimum absolute atomic E-state index is 0.0560. The molecular weight excluding hydrogens is 677 g/mol. The van der Waals surface area contributed by atoms with Crippen LogP contribution in [0.3, 0.4) is 0 Å². The summed E-state index contributed by atoms with van der Waals surface area (Å²) in [6.07, 6.45) is 6.65. The molecule has 2 fully saturated rings. The number of hydrogen-bond donors (Lipinski definition) is 3. The quantitative estimate of drug-likeness (QED) is 0.133. The third-order valence-electron chi connectivity index (χ3n) is 10.3. The van der Waals surface area contributed by atoms with E-state index in [2.05, 4.69) is 39.1 Å². The lowest BCUT2D eigenvalue weighted by atomic mass is 10.0. The van der Waals surface area contributed by atoms with Gasteiger partial charge < -0.3 is 34.2 Å². The van der Waals surface area contributed by atoms with Gasteiger partial charge in [0.25, 0.3) is 0 Å². The van der Waals surface area contributed by atoms with Gasteiger partial charge in [-0.3, -0.25) is 9.59 Å². The predicted octanol–water partition coefficient (Wildman–Crippen LogP) is 7.77. The van der Waals surface area contributed by atoms with Gasteiger partial charge in [0, 0.05) is 36.0 Å². The van der Waals surface area contributed by atoms with Gasteiger partial charge >= 0.3 is 6.09 Å². The minimum atomic E-state index is -0.734. The van der Waals surface area contributed by atoms with Crippen LogP contribution in [0.5, 0.6) is 0 Å². The lowest BCUT2D eigenvalue weighted by Gasteiger charge is -2.30. The van der Waals surface area contributed by atoms with E-state index in [1.807, 2.05) is 49.1 Å². The molecule has 0 unspecified atom stereocenters. The van der Waals surface area contributed by atoms with Crippen molar-refractivity contribution >= 4 is 28.9 Å². The van der Waals surface area contributed by atoms with E-state index in [9.17, 15) is 14.4 Å². The molecule has 53 heavy (non-hydrogen) atoms. The molecule has 0 radical (unpaired) electrons. The highest BCUT2D eigenvalue weighted by atomic mass is 19.1. The average Bonchev–Trinajstić information content (AvgIpc) is 3.97. The van der Waals surface area contributed by atoms with E-state index in [1.165, 1.54) is 13.2 Å². The third-order valence-corrected chi connectivity index (χ3v) is 10.3. The van der Waals surface area contributed by atoms with Crippen LogP contribution >= 0.6 is 0 Å². The van der Waals surface area contributed by atoms with Gasteiger partial charge in [-0.05, 0) is 73.9 Å². The van der Waals surface area contributed by atoms with Crippen molar-refractivity contribution in [1.29, 1.82) is 0 Å². The van der Waals surface area contributed by atoms with E-state index in [0.717, 1.165) is 48.3 Å². The molecule has 3 amide bonds. The number of likely N-dealkylation sites (tertiary alicyclic amines) is 2. The molecule has 5 aromatic rings. The molecule has 0 bridgehead atoms. The number of aromatic nitrogens is 4. The molecule has 7 rings (SSSR count). The summed E-state index contributed by atoms with van der Waals surface area (Å²) < 4.78 is 26.6. The number of fused-ring (bicyclic) bond motifs is 1. The van der Waals surface area contributed by atoms with E-state index in [4.69, 9.17) is 9.15 Å². The van der Waals surface area contributed by atoms with E-state index in [-0.39, 0.29) is 29.8 Å². The Labute approximate surface area is 307 Å². The molecule has 2 aromatic carbocycles. The first-order chi connectivity index (χ1) is 25.5. The Kier molecular flexibility index (Phi) is 10.1. The van der Waals surface area contributed by atoms with Crippen LogP contribution in [0, 0.1) is 17.7 Å². The van der Waals surface area contributed by atoms with E-state index in [0.29, 0.717) is 59.3 Å². The largest absolute Gasteiger partial charge is 0.456 e. The Morgan fingerprint density at radius 1 is 0.906 bits per heavy atom. The molecule has 5 heterocycles. The molecular formula is C40H46FN7O5. The van der Waals surface area contributed by atoms with Crippen LogP contribution in [-0.2, 0) is 14.3 Å². The van der Waals surface area contributed by atoms with Crippen LogP contribution in [0.4, 0.5) is 9.18 Å². The van der Waals surface area contributed by atoms with Crippen LogP contribution in [0.1, 0.15) is 83.5 Å². The van der Waals surface area contributed by atoms with Crippen molar-refractivity contribution in [2.45, 2.75) is 77.9 Å². The fourth-order valence-electron chi connectivity index (χ4n) is 7.54. The lowest BCUT2D eigenvalue weighted by molar-refractivity contribution is -0.135. The number of hydrogen-bond acceptors (Lipinski definition) is 7. The van der Waals surface area contributed by atoms with Crippen molar-refractivity contribution in [2.24, 2.45) is 11.8 Å². The van der Waals surface area contributed by atoms with Crippen molar-refractivity contribution in [2.75, 3.05) is 20.2 Å². The van der Waals surface area contributed by atoms with Gasteiger partial charge in [-0.15, -0.1) is 0 Å². The molecule has 12 nitrogen and oxygen atoms in total. The van der Waals surface area contributed by atoms with Gasteiger partial charge in [0.05, 0.1) is 48.5 Å². The summed E-state index contributed by atoms with van der Waals surface area (Å²) in [5.41, 5.74) is 3.93. The molecule has 13 heteroatoms. The van der Waals surface area contributed by atoms with Gasteiger partial charge in [0.2, 0.25) is 11.8 Å². The molecule has 0 aliphatic carbocycles. The Hall–Kier alpha value is -5.46. The molecule has 3 aromatic heterocycles. The number of nitrogens with zero attached hydrogens (tertiary/aromatic N) is 4. The summed E-state index contributed by atoms with van der Waals surface area (Å²) in [4.78, 5) is 58.0. The first-order valence-corrected chi connectivity index (χ1v) is 18.4. The number of furan rings is 1. The van der Waals surface area contributed by atoms with Crippen molar-refractivity contribution in [3.05, 3.63) is 72.3 Å². The number of amides is 3. The fourth-order valence-corrected chi connectivity index (χ4v) is 7.54. The summed E-state index contributed by atoms with van der Waals surface area (Å²) >= 11 is 0. The maximum Gasteiger partial charge on any atom is 0.407 e. The third kappa shape index (κ3) is 7.29. The molecule has 278 valence electrons. The van der Waals surface area contributed by atoms with Crippen molar-refractivity contribution in [3.8, 4) is 33.8 Å². The molecule has 0 spiro atoms. The van der Waals surface area contributed by atoms with E-state index < -0.39 is 18.0 Å². The van der Waals surface area contributed by atoms with Gasteiger partial charge in [-0.1, -0.05) is 33.8 Å². The summed E-state index contributed by atoms with van der Waals surface area (Å²) in [6.45, 7) is 9.14. The summed E-state index contributed by atoms with van der Waals surface area (Å²) in [5, 5.41) is 3.48. The zero-order chi connectivity index (χ0) is 37.4. The molecule has 2 saturated heterocycles.